The number of nitrogens with one attached hydrogen (secondary N) is 1. The number of amides is 1. The third-order valence-corrected chi connectivity index (χ3v) is 4.46. The molecule has 1 amide bonds. The summed E-state index contributed by atoms with van der Waals surface area (Å²) < 4.78 is 0. The largest absolute Gasteiger partial charge is 0.480 e. The number of carbonyl (C=O) groups excluding carboxylic acids is 1. The molecule has 0 radical (unpaired) electrons. The van der Waals surface area contributed by atoms with Crippen molar-refractivity contribution in [1.29, 1.82) is 0 Å². The van der Waals surface area contributed by atoms with Crippen LogP contribution in [0, 0.1) is 10.1 Å². The molecule has 0 aliphatic carbocycles. The number of hydrogen-bond acceptors (Lipinski definition) is 5. The molecule has 0 fully saturated rings. The van der Waals surface area contributed by atoms with Gasteiger partial charge in [-0.3, -0.25) is 14.9 Å². The molecular formula is C15H20N2O5S. The molecule has 1 aromatic carbocycles. The molecular weight excluding hydrogens is 320 g/mol. The number of nitro groups is 1. The van der Waals surface area contributed by atoms with E-state index in [0.29, 0.717) is 17.7 Å². The summed E-state index contributed by atoms with van der Waals surface area (Å²) in [6.45, 7) is 5.00. The summed E-state index contributed by atoms with van der Waals surface area (Å²) in [4.78, 5) is 34.4. The molecule has 1 aromatic rings. The topological polar surface area (TPSA) is 110 Å². The van der Waals surface area contributed by atoms with Gasteiger partial charge in [0.05, 0.1) is 10.2 Å². The lowest BCUT2D eigenvalue weighted by Gasteiger charge is -2.27. The van der Waals surface area contributed by atoms with Crippen LogP contribution in [0.25, 0.3) is 0 Å². The second-order valence-corrected chi connectivity index (χ2v) is 6.80. The highest BCUT2D eigenvalue weighted by Crippen LogP contribution is 2.26. The van der Waals surface area contributed by atoms with Gasteiger partial charge in [-0.15, -0.1) is 11.8 Å². The Morgan fingerprint density at radius 3 is 2.39 bits per heavy atom. The zero-order valence-corrected chi connectivity index (χ0v) is 14.1. The molecule has 2 atom stereocenters. The maximum atomic E-state index is 12.2. The third kappa shape index (κ3) is 5.24. The number of aliphatic carboxylic acids is 1. The molecule has 1 rings (SSSR count). The van der Waals surface area contributed by atoms with E-state index in [1.165, 1.54) is 30.8 Å². The normalized spacial score (nSPS) is 14.6. The van der Waals surface area contributed by atoms with E-state index < -0.39 is 21.7 Å². The lowest BCUT2D eigenvalue weighted by molar-refractivity contribution is -0.384. The van der Waals surface area contributed by atoms with Crippen molar-refractivity contribution in [2.45, 2.75) is 49.3 Å². The van der Waals surface area contributed by atoms with Crippen LogP contribution in [0.4, 0.5) is 5.69 Å². The number of nitro benzene ring substituents is 1. The summed E-state index contributed by atoms with van der Waals surface area (Å²) in [5.41, 5.74) is -1.32. The molecule has 8 heteroatoms. The highest BCUT2D eigenvalue weighted by atomic mass is 32.2. The van der Waals surface area contributed by atoms with E-state index in [2.05, 4.69) is 5.32 Å². The molecule has 0 spiro atoms. The van der Waals surface area contributed by atoms with Crippen LogP contribution in [-0.2, 0) is 9.59 Å². The average Bonchev–Trinajstić information content (AvgIpc) is 2.47. The van der Waals surface area contributed by atoms with Crippen LogP contribution >= 0.6 is 11.8 Å². The molecule has 23 heavy (non-hydrogen) atoms. The van der Waals surface area contributed by atoms with Gasteiger partial charge in [-0.05, 0) is 32.4 Å². The molecule has 0 aliphatic heterocycles. The van der Waals surface area contributed by atoms with Crippen molar-refractivity contribution in [2.75, 3.05) is 0 Å². The van der Waals surface area contributed by atoms with Crippen LogP contribution in [0.2, 0.25) is 0 Å². The summed E-state index contributed by atoms with van der Waals surface area (Å²) in [7, 11) is 0. The summed E-state index contributed by atoms with van der Waals surface area (Å²) in [5.74, 6) is -1.45. The first-order chi connectivity index (χ1) is 10.7. The van der Waals surface area contributed by atoms with Crippen LogP contribution in [0.5, 0.6) is 0 Å². The van der Waals surface area contributed by atoms with E-state index in [1.54, 1.807) is 19.1 Å². The first kappa shape index (κ1) is 19.0. The van der Waals surface area contributed by atoms with Gasteiger partial charge in [0, 0.05) is 17.0 Å². The summed E-state index contributed by atoms with van der Waals surface area (Å²) in [6, 6.07) is 5.86. The molecule has 0 saturated heterocycles. The first-order valence-corrected chi connectivity index (χ1v) is 8.04. The predicted octanol–water partition coefficient (Wildman–Crippen LogP) is 2.84. The number of rotatable bonds is 8. The van der Waals surface area contributed by atoms with Gasteiger partial charge in [-0.1, -0.05) is 13.3 Å². The van der Waals surface area contributed by atoms with Gasteiger partial charge in [-0.25, -0.2) is 4.79 Å². The quantitative estimate of drug-likeness (QED) is 0.428. The highest BCUT2D eigenvalue weighted by molar-refractivity contribution is 8.00. The summed E-state index contributed by atoms with van der Waals surface area (Å²) >= 11 is 1.22. The Balaban J connectivity index is 2.73. The molecule has 0 aromatic heterocycles. The Bertz CT molecular complexity index is 590. The number of nitrogens with zero attached hydrogens (tertiary/aromatic N) is 1. The maximum absolute atomic E-state index is 12.2. The predicted molar refractivity (Wildman–Crippen MR) is 87.5 cm³/mol. The van der Waals surface area contributed by atoms with E-state index >= 15 is 0 Å². The molecule has 126 valence electrons. The second-order valence-electron chi connectivity index (χ2n) is 5.39. The zero-order valence-electron chi connectivity index (χ0n) is 13.2. The molecule has 0 heterocycles. The van der Waals surface area contributed by atoms with Gasteiger partial charge >= 0.3 is 5.97 Å². The SMILES string of the molecule is CCCC(C)(NC(=O)C(C)Sc1ccc([N+](=O)[O-])cc1)C(=O)O. The van der Waals surface area contributed by atoms with Crippen molar-refractivity contribution in [2.24, 2.45) is 0 Å². The van der Waals surface area contributed by atoms with E-state index in [-0.39, 0.29) is 11.6 Å². The maximum Gasteiger partial charge on any atom is 0.329 e. The van der Waals surface area contributed by atoms with Crippen molar-refractivity contribution >= 4 is 29.3 Å². The minimum absolute atomic E-state index is 0.0205. The Kier molecular flexibility index (Phi) is 6.56. The van der Waals surface area contributed by atoms with Gasteiger partial charge < -0.3 is 10.4 Å². The van der Waals surface area contributed by atoms with Crippen molar-refractivity contribution in [1.82, 2.24) is 5.32 Å². The van der Waals surface area contributed by atoms with E-state index in [0.717, 1.165) is 0 Å². The molecule has 7 nitrogen and oxygen atoms in total. The minimum Gasteiger partial charge on any atom is -0.480 e. The standard InChI is InChI=1S/C15H20N2O5S/c1-4-9-15(3,14(19)20)16-13(18)10(2)23-12-7-5-11(6-8-12)17(21)22/h5-8,10H,4,9H2,1-3H3,(H,16,18)(H,19,20). The number of benzene rings is 1. The Morgan fingerprint density at radius 2 is 1.96 bits per heavy atom. The summed E-state index contributed by atoms with van der Waals surface area (Å²) in [5, 5.41) is 21.9. The average molecular weight is 340 g/mol. The molecule has 0 aliphatic rings. The Morgan fingerprint density at radius 1 is 1.39 bits per heavy atom. The zero-order chi connectivity index (χ0) is 17.6. The Hall–Kier alpha value is -2.09. The smallest absolute Gasteiger partial charge is 0.329 e. The van der Waals surface area contributed by atoms with Crippen molar-refractivity contribution < 1.29 is 19.6 Å². The van der Waals surface area contributed by atoms with Gasteiger partial charge in [0.1, 0.15) is 5.54 Å². The van der Waals surface area contributed by atoms with E-state index in [9.17, 15) is 24.8 Å². The fraction of sp³-hybridized carbons (Fsp3) is 0.467. The lowest BCUT2D eigenvalue weighted by Crippen LogP contribution is -2.54. The number of carboxylic acid groups (broad SMARTS) is 1. The van der Waals surface area contributed by atoms with Gasteiger partial charge in [0.15, 0.2) is 0 Å². The van der Waals surface area contributed by atoms with E-state index in [1.807, 2.05) is 6.92 Å². The van der Waals surface area contributed by atoms with Gasteiger partial charge in [0.2, 0.25) is 5.91 Å². The van der Waals surface area contributed by atoms with Crippen molar-refractivity contribution in [3.05, 3.63) is 34.4 Å². The molecule has 0 bridgehead atoms. The second kappa shape index (κ2) is 7.96. The molecule has 0 saturated carbocycles. The van der Waals surface area contributed by atoms with Gasteiger partial charge in [-0.2, -0.15) is 0 Å². The van der Waals surface area contributed by atoms with Crippen LogP contribution in [0.1, 0.15) is 33.6 Å². The number of carboxylic acids is 1. The lowest BCUT2D eigenvalue weighted by atomic mass is 9.96. The molecule has 2 unspecified atom stereocenters. The summed E-state index contributed by atoms with van der Waals surface area (Å²) in [6.07, 6.45) is 0.968. The van der Waals surface area contributed by atoms with Crippen LogP contribution in [-0.4, -0.2) is 32.7 Å². The molecule has 2 N–H and O–H groups in total. The fourth-order valence-corrected chi connectivity index (χ4v) is 2.87. The number of carbonyl (C=O) groups is 2. The first-order valence-electron chi connectivity index (χ1n) is 7.16. The van der Waals surface area contributed by atoms with Crippen LogP contribution < -0.4 is 5.32 Å². The van der Waals surface area contributed by atoms with Gasteiger partial charge in [0.25, 0.3) is 5.69 Å². The number of non-ortho nitro benzene ring substituents is 1. The van der Waals surface area contributed by atoms with Crippen molar-refractivity contribution in [3.63, 3.8) is 0 Å². The van der Waals surface area contributed by atoms with E-state index in [4.69, 9.17) is 0 Å². The van der Waals surface area contributed by atoms with Crippen LogP contribution in [0.3, 0.4) is 0 Å². The number of hydrogen-bond donors (Lipinski definition) is 2. The fourth-order valence-electron chi connectivity index (χ4n) is 2.00. The number of thioether (sulfide) groups is 1. The highest BCUT2D eigenvalue weighted by Gasteiger charge is 2.35. The third-order valence-electron chi connectivity index (χ3n) is 3.35. The van der Waals surface area contributed by atoms with Crippen molar-refractivity contribution in [3.8, 4) is 0 Å². The monoisotopic (exact) mass is 340 g/mol. The van der Waals surface area contributed by atoms with Crippen LogP contribution in [0.15, 0.2) is 29.2 Å². The Labute approximate surface area is 138 Å². The minimum atomic E-state index is -1.30.